The highest BCUT2D eigenvalue weighted by molar-refractivity contribution is 5.81. The van der Waals surface area contributed by atoms with Crippen LogP contribution in [-0.4, -0.2) is 36.7 Å². The summed E-state index contributed by atoms with van der Waals surface area (Å²) in [5, 5.41) is 6.40. The predicted octanol–water partition coefficient (Wildman–Crippen LogP) is 2.23. The Balaban J connectivity index is 2.27. The molecule has 0 aromatic heterocycles. The van der Waals surface area contributed by atoms with Crippen molar-refractivity contribution in [2.45, 2.75) is 77.5 Å². The van der Waals surface area contributed by atoms with Gasteiger partial charge >= 0.3 is 0 Å². The minimum atomic E-state index is -0.228. The zero-order valence-corrected chi connectivity index (χ0v) is 12.9. The monoisotopic (exact) mass is 270 g/mol. The first kappa shape index (κ1) is 16.4. The summed E-state index contributed by atoms with van der Waals surface area (Å²) < 4.78 is 5.62. The van der Waals surface area contributed by atoms with Crippen molar-refractivity contribution >= 4 is 5.91 Å². The van der Waals surface area contributed by atoms with Gasteiger partial charge in [0.25, 0.3) is 0 Å². The molecule has 1 saturated carbocycles. The van der Waals surface area contributed by atoms with E-state index in [0.717, 1.165) is 12.8 Å². The summed E-state index contributed by atoms with van der Waals surface area (Å²) in [5.41, 5.74) is -0.228. The van der Waals surface area contributed by atoms with Gasteiger partial charge < -0.3 is 15.4 Å². The Morgan fingerprint density at radius 2 is 1.95 bits per heavy atom. The first-order valence-electron chi connectivity index (χ1n) is 7.62. The van der Waals surface area contributed by atoms with E-state index in [4.69, 9.17) is 4.74 Å². The van der Waals surface area contributed by atoms with Gasteiger partial charge in [0.2, 0.25) is 5.91 Å². The quantitative estimate of drug-likeness (QED) is 0.746. The van der Waals surface area contributed by atoms with Crippen LogP contribution < -0.4 is 10.6 Å². The molecule has 4 heteroatoms. The number of amides is 1. The van der Waals surface area contributed by atoms with E-state index in [1.54, 1.807) is 0 Å². The van der Waals surface area contributed by atoms with Crippen LogP contribution in [0.2, 0.25) is 0 Å². The lowest BCUT2D eigenvalue weighted by Crippen LogP contribution is -2.50. The van der Waals surface area contributed by atoms with E-state index in [9.17, 15) is 4.79 Å². The lowest BCUT2D eigenvalue weighted by Gasteiger charge is -2.28. The molecule has 0 aromatic rings. The standard InChI is InChI=1S/C15H30N2O2/c1-5-19-15(3,4)11-16-12(2)14(18)17-13-9-7-6-8-10-13/h12-13,16H,5-11H2,1-4H3,(H,17,18). The van der Waals surface area contributed by atoms with Crippen LogP contribution in [0, 0.1) is 0 Å². The normalized spacial score (nSPS) is 19.2. The first-order chi connectivity index (χ1) is 8.94. The highest BCUT2D eigenvalue weighted by Gasteiger charge is 2.22. The molecule has 19 heavy (non-hydrogen) atoms. The van der Waals surface area contributed by atoms with Gasteiger partial charge in [-0.05, 0) is 40.5 Å². The highest BCUT2D eigenvalue weighted by atomic mass is 16.5. The molecule has 0 saturated heterocycles. The third-order valence-electron chi connectivity index (χ3n) is 3.71. The Labute approximate surface area is 117 Å². The summed E-state index contributed by atoms with van der Waals surface area (Å²) in [6, 6.07) is 0.215. The lowest BCUT2D eigenvalue weighted by molar-refractivity contribution is -0.124. The number of hydrogen-bond donors (Lipinski definition) is 2. The van der Waals surface area contributed by atoms with Gasteiger partial charge in [-0.3, -0.25) is 4.79 Å². The third-order valence-corrected chi connectivity index (χ3v) is 3.71. The molecule has 0 aliphatic heterocycles. The Hall–Kier alpha value is -0.610. The maximum absolute atomic E-state index is 12.1. The van der Waals surface area contributed by atoms with Crippen LogP contribution in [0.1, 0.15) is 59.8 Å². The van der Waals surface area contributed by atoms with E-state index in [1.807, 2.05) is 27.7 Å². The summed E-state index contributed by atoms with van der Waals surface area (Å²) >= 11 is 0. The molecule has 1 aliphatic rings. The zero-order valence-electron chi connectivity index (χ0n) is 12.9. The van der Waals surface area contributed by atoms with Crippen LogP contribution in [0.3, 0.4) is 0 Å². The van der Waals surface area contributed by atoms with Crippen LogP contribution in [0.25, 0.3) is 0 Å². The van der Waals surface area contributed by atoms with Crippen molar-refractivity contribution in [1.82, 2.24) is 10.6 Å². The molecule has 0 heterocycles. The summed E-state index contributed by atoms with van der Waals surface area (Å²) in [4.78, 5) is 12.1. The molecule has 1 fully saturated rings. The number of hydrogen-bond acceptors (Lipinski definition) is 3. The highest BCUT2D eigenvalue weighted by Crippen LogP contribution is 2.17. The second kappa shape index (κ2) is 7.85. The van der Waals surface area contributed by atoms with Gasteiger partial charge in [0.15, 0.2) is 0 Å². The molecule has 1 rings (SSSR count). The summed E-state index contributed by atoms with van der Waals surface area (Å²) in [6.45, 7) is 9.35. The maximum atomic E-state index is 12.1. The SMILES string of the molecule is CCOC(C)(C)CNC(C)C(=O)NC1CCCCC1. The van der Waals surface area contributed by atoms with Gasteiger partial charge in [-0.1, -0.05) is 19.3 Å². The Kier molecular flexibility index (Phi) is 6.80. The van der Waals surface area contributed by atoms with Crippen LogP contribution in [0.5, 0.6) is 0 Å². The Morgan fingerprint density at radius 1 is 1.32 bits per heavy atom. The van der Waals surface area contributed by atoms with Crippen LogP contribution in [0.15, 0.2) is 0 Å². The van der Waals surface area contributed by atoms with E-state index in [-0.39, 0.29) is 17.6 Å². The topological polar surface area (TPSA) is 50.4 Å². The molecule has 0 radical (unpaired) electrons. The van der Waals surface area contributed by atoms with Gasteiger partial charge in [-0.25, -0.2) is 0 Å². The fraction of sp³-hybridized carbons (Fsp3) is 0.933. The molecule has 1 amide bonds. The summed E-state index contributed by atoms with van der Waals surface area (Å²) in [6.07, 6.45) is 6.04. The van der Waals surface area contributed by atoms with E-state index in [1.165, 1.54) is 19.3 Å². The fourth-order valence-corrected chi connectivity index (χ4v) is 2.51. The van der Waals surface area contributed by atoms with Crippen molar-refractivity contribution in [1.29, 1.82) is 0 Å². The van der Waals surface area contributed by atoms with Gasteiger partial charge in [-0.15, -0.1) is 0 Å². The number of ether oxygens (including phenoxy) is 1. The van der Waals surface area contributed by atoms with Crippen molar-refractivity contribution in [2.75, 3.05) is 13.2 Å². The van der Waals surface area contributed by atoms with Gasteiger partial charge in [0.05, 0.1) is 11.6 Å². The molecule has 112 valence electrons. The minimum absolute atomic E-state index is 0.110. The van der Waals surface area contributed by atoms with Crippen molar-refractivity contribution in [3.05, 3.63) is 0 Å². The number of nitrogens with one attached hydrogen (secondary N) is 2. The van der Waals surface area contributed by atoms with Gasteiger partial charge in [0.1, 0.15) is 0 Å². The Morgan fingerprint density at radius 3 is 2.53 bits per heavy atom. The molecule has 0 spiro atoms. The number of carbonyl (C=O) groups excluding carboxylic acids is 1. The molecule has 4 nitrogen and oxygen atoms in total. The second-order valence-corrected chi connectivity index (χ2v) is 6.14. The van der Waals surface area contributed by atoms with E-state index in [2.05, 4.69) is 10.6 Å². The van der Waals surface area contributed by atoms with Crippen molar-refractivity contribution in [3.8, 4) is 0 Å². The average molecular weight is 270 g/mol. The van der Waals surface area contributed by atoms with Crippen molar-refractivity contribution in [3.63, 3.8) is 0 Å². The van der Waals surface area contributed by atoms with E-state index < -0.39 is 0 Å². The van der Waals surface area contributed by atoms with Crippen LogP contribution in [0.4, 0.5) is 0 Å². The van der Waals surface area contributed by atoms with E-state index in [0.29, 0.717) is 19.2 Å². The van der Waals surface area contributed by atoms with Crippen molar-refractivity contribution in [2.24, 2.45) is 0 Å². The molecular formula is C15H30N2O2. The summed E-state index contributed by atoms with van der Waals surface area (Å²) in [5.74, 6) is 0.110. The summed E-state index contributed by atoms with van der Waals surface area (Å²) in [7, 11) is 0. The van der Waals surface area contributed by atoms with Crippen LogP contribution in [-0.2, 0) is 9.53 Å². The third kappa shape index (κ3) is 6.39. The number of carbonyl (C=O) groups is 1. The molecule has 2 N–H and O–H groups in total. The largest absolute Gasteiger partial charge is 0.375 e. The fourth-order valence-electron chi connectivity index (χ4n) is 2.51. The molecule has 1 unspecified atom stereocenters. The van der Waals surface area contributed by atoms with E-state index >= 15 is 0 Å². The molecule has 1 aliphatic carbocycles. The Bertz CT molecular complexity index is 273. The molecule has 0 aromatic carbocycles. The van der Waals surface area contributed by atoms with Crippen LogP contribution >= 0.6 is 0 Å². The number of rotatable bonds is 7. The maximum Gasteiger partial charge on any atom is 0.237 e. The molecule has 1 atom stereocenters. The first-order valence-corrected chi connectivity index (χ1v) is 7.62. The zero-order chi connectivity index (χ0) is 14.3. The average Bonchev–Trinajstić information content (AvgIpc) is 2.37. The molecule has 0 bridgehead atoms. The predicted molar refractivity (Wildman–Crippen MR) is 78.2 cm³/mol. The van der Waals surface area contributed by atoms with Gasteiger partial charge in [0, 0.05) is 19.2 Å². The second-order valence-electron chi connectivity index (χ2n) is 6.14. The molecular weight excluding hydrogens is 240 g/mol. The van der Waals surface area contributed by atoms with Gasteiger partial charge in [-0.2, -0.15) is 0 Å². The lowest BCUT2D eigenvalue weighted by atomic mass is 9.95. The minimum Gasteiger partial charge on any atom is -0.375 e. The smallest absolute Gasteiger partial charge is 0.237 e. The van der Waals surface area contributed by atoms with Crippen molar-refractivity contribution < 1.29 is 9.53 Å².